The average molecular weight is 234 g/mol. The average Bonchev–Trinajstić information content (AvgIpc) is 2.26. The van der Waals surface area contributed by atoms with Crippen LogP contribution in [0.4, 0.5) is 16.2 Å². The number of para-hydroxylation sites is 2. The number of hydrogen-bond acceptors (Lipinski definition) is 3. The van der Waals surface area contributed by atoms with Gasteiger partial charge in [-0.3, -0.25) is 9.69 Å². The van der Waals surface area contributed by atoms with Crippen LogP contribution in [0, 0.1) is 0 Å². The Morgan fingerprint density at radius 3 is 2.82 bits per heavy atom. The zero-order valence-electron chi connectivity index (χ0n) is 9.77. The highest BCUT2D eigenvalue weighted by atomic mass is 16.6. The highest BCUT2D eigenvalue weighted by Gasteiger charge is 2.27. The summed E-state index contributed by atoms with van der Waals surface area (Å²) < 4.78 is 5.10. The summed E-state index contributed by atoms with van der Waals surface area (Å²) in [5, 5.41) is 2.71. The quantitative estimate of drug-likeness (QED) is 0.808. The normalized spacial score (nSPS) is 14.3. The Labute approximate surface area is 99.4 Å². The maximum atomic E-state index is 11.8. The van der Waals surface area contributed by atoms with Gasteiger partial charge in [0.25, 0.3) is 0 Å². The zero-order valence-corrected chi connectivity index (χ0v) is 9.77. The van der Waals surface area contributed by atoms with E-state index in [0.29, 0.717) is 11.4 Å². The molecule has 0 bridgehead atoms. The molecule has 2 amide bonds. The number of rotatable bonds is 1. The minimum absolute atomic E-state index is 0.0113. The van der Waals surface area contributed by atoms with E-state index in [0.717, 1.165) is 0 Å². The SMILES string of the molecule is CC(C)OC(=O)N1CC(=O)Nc2ccccc21. The number of hydrogen-bond donors (Lipinski definition) is 1. The third-order valence-corrected chi connectivity index (χ3v) is 2.33. The molecule has 0 saturated carbocycles. The van der Waals surface area contributed by atoms with Gasteiger partial charge >= 0.3 is 6.09 Å². The number of benzene rings is 1. The summed E-state index contributed by atoms with van der Waals surface area (Å²) in [4.78, 5) is 24.6. The van der Waals surface area contributed by atoms with Crippen LogP contribution in [0.15, 0.2) is 24.3 Å². The minimum atomic E-state index is -0.498. The van der Waals surface area contributed by atoms with Gasteiger partial charge in [-0.15, -0.1) is 0 Å². The van der Waals surface area contributed by atoms with Crippen LogP contribution in [-0.4, -0.2) is 24.6 Å². The van der Waals surface area contributed by atoms with Crippen molar-refractivity contribution >= 4 is 23.4 Å². The summed E-state index contributed by atoms with van der Waals surface area (Å²) in [6.07, 6.45) is -0.707. The van der Waals surface area contributed by atoms with Crippen molar-refractivity contribution < 1.29 is 14.3 Å². The fourth-order valence-corrected chi connectivity index (χ4v) is 1.66. The molecule has 1 aliphatic heterocycles. The Morgan fingerprint density at radius 2 is 2.12 bits per heavy atom. The lowest BCUT2D eigenvalue weighted by molar-refractivity contribution is -0.115. The smallest absolute Gasteiger partial charge is 0.415 e. The molecule has 0 fully saturated rings. The summed E-state index contributed by atoms with van der Waals surface area (Å²) in [5.41, 5.74) is 1.29. The van der Waals surface area contributed by atoms with Gasteiger partial charge in [0.15, 0.2) is 0 Å². The second-order valence-corrected chi connectivity index (χ2v) is 4.08. The molecule has 90 valence electrons. The summed E-state index contributed by atoms with van der Waals surface area (Å²) in [6.45, 7) is 3.53. The van der Waals surface area contributed by atoms with Crippen LogP contribution in [0.1, 0.15) is 13.8 Å². The Morgan fingerprint density at radius 1 is 1.41 bits per heavy atom. The first-order valence-electron chi connectivity index (χ1n) is 5.45. The monoisotopic (exact) mass is 234 g/mol. The maximum absolute atomic E-state index is 11.8. The predicted octanol–water partition coefficient (Wildman–Crippen LogP) is 1.99. The zero-order chi connectivity index (χ0) is 12.4. The summed E-state index contributed by atoms with van der Waals surface area (Å²) in [7, 11) is 0. The van der Waals surface area contributed by atoms with Gasteiger partial charge in [0, 0.05) is 0 Å². The maximum Gasteiger partial charge on any atom is 0.415 e. The molecule has 0 saturated heterocycles. The minimum Gasteiger partial charge on any atom is -0.446 e. The van der Waals surface area contributed by atoms with Crippen molar-refractivity contribution in [2.24, 2.45) is 0 Å². The second-order valence-electron chi connectivity index (χ2n) is 4.08. The molecule has 0 unspecified atom stereocenters. The van der Waals surface area contributed by atoms with Crippen LogP contribution >= 0.6 is 0 Å². The van der Waals surface area contributed by atoms with Crippen molar-refractivity contribution in [3.8, 4) is 0 Å². The van der Waals surface area contributed by atoms with Crippen molar-refractivity contribution in [3.63, 3.8) is 0 Å². The van der Waals surface area contributed by atoms with Crippen LogP contribution < -0.4 is 10.2 Å². The molecule has 17 heavy (non-hydrogen) atoms. The van der Waals surface area contributed by atoms with Crippen molar-refractivity contribution in [2.45, 2.75) is 20.0 Å². The van der Waals surface area contributed by atoms with Crippen LogP contribution in [0.25, 0.3) is 0 Å². The highest BCUT2D eigenvalue weighted by molar-refractivity contribution is 6.08. The first kappa shape index (κ1) is 11.4. The molecule has 0 spiro atoms. The van der Waals surface area contributed by atoms with E-state index < -0.39 is 6.09 Å². The molecule has 0 aliphatic carbocycles. The van der Waals surface area contributed by atoms with E-state index in [9.17, 15) is 9.59 Å². The number of carbonyl (C=O) groups is 2. The lowest BCUT2D eigenvalue weighted by Gasteiger charge is -2.28. The van der Waals surface area contributed by atoms with E-state index in [4.69, 9.17) is 4.74 Å². The van der Waals surface area contributed by atoms with Gasteiger partial charge in [-0.05, 0) is 26.0 Å². The summed E-state index contributed by atoms with van der Waals surface area (Å²) >= 11 is 0. The molecule has 1 N–H and O–H groups in total. The largest absolute Gasteiger partial charge is 0.446 e. The number of amides is 2. The van der Waals surface area contributed by atoms with Gasteiger partial charge in [0.05, 0.1) is 17.5 Å². The highest BCUT2D eigenvalue weighted by Crippen LogP contribution is 2.29. The first-order valence-corrected chi connectivity index (χ1v) is 5.45. The third-order valence-electron chi connectivity index (χ3n) is 2.33. The predicted molar refractivity (Wildman–Crippen MR) is 64.0 cm³/mol. The molecule has 5 nitrogen and oxygen atoms in total. The van der Waals surface area contributed by atoms with Crippen LogP contribution in [0.5, 0.6) is 0 Å². The van der Waals surface area contributed by atoms with Gasteiger partial charge in [-0.1, -0.05) is 12.1 Å². The van der Waals surface area contributed by atoms with Crippen molar-refractivity contribution in [2.75, 3.05) is 16.8 Å². The number of ether oxygens (including phenoxy) is 1. The molecule has 0 atom stereocenters. The van der Waals surface area contributed by atoms with Crippen LogP contribution in [0.2, 0.25) is 0 Å². The fourth-order valence-electron chi connectivity index (χ4n) is 1.66. The van der Waals surface area contributed by atoms with Crippen LogP contribution in [-0.2, 0) is 9.53 Å². The van der Waals surface area contributed by atoms with Crippen LogP contribution in [0.3, 0.4) is 0 Å². The molecule has 5 heteroatoms. The molecule has 1 heterocycles. The molecule has 1 aromatic rings. The van der Waals surface area contributed by atoms with Gasteiger partial charge < -0.3 is 10.1 Å². The van der Waals surface area contributed by atoms with Crippen molar-refractivity contribution in [3.05, 3.63) is 24.3 Å². The molecule has 1 aliphatic rings. The summed E-state index contributed by atoms with van der Waals surface area (Å²) in [6, 6.07) is 7.14. The third kappa shape index (κ3) is 2.38. The molecular formula is C12H14N2O3. The summed E-state index contributed by atoms with van der Waals surface area (Å²) in [5.74, 6) is -0.218. The number of fused-ring (bicyclic) bond motifs is 1. The van der Waals surface area contributed by atoms with E-state index in [-0.39, 0.29) is 18.6 Å². The van der Waals surface area contributed by atoms with E-state index >= 15 is 0 Å². The van der Waals surface area contributed by atoms with E-state index in [1.165, 1.54) is 4.90 Å². The number of nitrogens with zero attached hydrogens (tertiary/aromatic N) is 1. The standard InChI is InChI=1S/C12H14N2O3/c1-8(2)17-12(16)14-7-11(15)13-9-5-3-4-6-10(9)14/h3-6,8H,7H2,1-2H3,(H,13,15). The lowest BCUT2D eigenvalue weighted by Crippen LogP contribution is -2.43. The first-order chi connectivity index (χ1) is 8.08. The topological polar surface area (TPSA) is 58.6 Å². The molecule has 2 rings (SSSR count). The van der Waals surface area contributed by atoms with Gasteiger partial charge in [-0.2, -0.15) is 0 Å². The molecule has 1 aromatic carbocycles. The Hall–Kier alpha value is -2.04. The van der Waals surface area contributed by atoms with Gasteiger partial charge in [0.2, 0.25) is 5.91 Å². The van der Waals surface area contributed by atoms with E-state index in [1.54, 1.807) is 32.0 Å². The van der Waals surface area contributed by atoms with Crippen molar-refractivity contribution in [1.82, 2.24) is 0 Å². The molecule has 0 aromatic heterocycles. The molecular weight excluding hydrogens is 220 g/mol. The number of carbonyl (C=O) groups excluding carboxylic acids is 2. The molecule has 0 radical (unpaired) electrons. The van der Waals surface area contributed by atoms with E-state index in [2.05, 4.69) is 5.32 Å². The Balaban J connectivity index is 2.29. The Bertz CT molecular complexity index is 457. The number of nitrogens with one attached hydrogen (secondary N) is 1. The number of anilines is 2. The lowest BCUT2D eigenvalue weighted by atomic mass is 10.2. The fraction of sp³-hybridized carbons (Fsp3) is 0.333. The van der Waals surface area contributed by atoms with Crippen molar-refractivity contribution in [1.29, 1.82) is 0 Å². The Kier molecular flexibility index (Phi) is 2.99. The second kappa shape index (κ2) is 4.45. The van der Waals surface area contributed by atoms with Gasteiger partial charge in [0.1, 0.15) is 6.54 Å². The van der Waals surface area contributed by atoms with Gasteiger partial charge in [-0.25, -0.2) is 4.79 Å². The van der Waals surface area contributed by atoms with E-state index in [1.807, 2.05) is 6.07 Å².